The number of aliphatic hydroxyl groups excluding tert-OH is 1. The van der Waals surface area contributed by atoms with Crippen molar-refractivity contribution in [3.05, 3.63) is 0 Å². The first-order chi connectivity index (χ1) is 6.33. The van der Waals surface area contributed by atoms with Gasteiger partial charge in [0.15, 0.2) is 0 Å². The molecule has 1 aliphatic rings. The summed E-state index contributed by atoms with van der Waals surface area (Å²) in [5.41, 5.74) is -0.174. The Hall–Kier alpha value is -0.570. The van der Waals surface area contributed by atoms with E-state index in [-0.39, 0.29) is 11.5 Å². The van der Waals surface area contributed by atoms with E-state index in [0.29, 0.717) is 18.4 Å². The van der Waals surface area contributed by atoms with Crippen LogP contribution in [0.4, 0.5) is 0 Å². The van der Waals surface area contributed by atoms with Crippen LogP contribution in [0.2, 0.25) is 0 Å². The van der Waals surface area contributed by atoms with Crippen LogP contribution < -0.4 is 0 Å². The second kappa shape index (κ2) is 3.89. The van der Waals surface area contributed by atoms with Gasteiger partial charge in [0.1, 0.15) is 12.7 Å². The third-order valence-electron chi connectivity index (χ3n) is 2.79. The molecule has 14 heavy (non-hydrogen) atoms. The summed E-state index contributed by atoms with van der Waals surface area (Å²) in [7, 11) is 0. The van der Waals surface area contributed by atoms with Crippen molar-refractivity contribution in [2.24, 2.45) is 16.8 Å². The highest BCUT2D eigenvalue weighted by molar-refractivity contribution is 5.82. The molecule has 0 amide bonds. The first-order valence-electron chi connectivity index (χ1n) is 5.24. The Balaban J connectivity index is 2.67. The molecule has 0 radical (unpaired) electrons. The molecule has 0 saturated heterocycles. The zero-order chi connectivity index (χ0) is 10.9. The number of hydrogen-bond donors (Lipinski definition) is 1. The molecule has 3 nitrogen and oxygen atoms in total. The van der Waals surface area contributed by atoms with Crippen molar-refractivity contribution in [2.75, 3.05) is 6.61 Å². The van der Waals surface area contributed by atoms with E-state index in [9.17, 15) is 5.11 Å². The number of rotatable bonds is 3. The van der Waals surface area contributed by atoms with Crippen LogP contribution >= 0.6 is 0 Å². The predicted octanol–water partition coefficient (Wildman–Crippen LogP) is 1.85. The van der Waals surface area contributed by atoms with E-state index in [1.807, 2.05) is 20.8 Å². The fourth-order valence-corrected chi connectivity index (χ4v) is 1.35. The molecule has 1 aliphatic heterocycles. The van der Waals surface area contributed by atoms with Crippen molar-refractivity contribution in [3.63, 3.8) is 0 Å². The van der Waals surface area contributed by atoms with Gasteiger partial charge in [-0.1, -0.05) is 20.8 Å². The SMILES string of the molecule is CC(C)[C@@H](C)[C@H](O)C1=NC(C)(C)CO1. The Kier molecular flexibility index (Phi) is 3.20. The third-order valence-corrected chi connectivity index (χ3v) is 2.79. The lowest BCUT2D eigenvalue weighted by Crippen LogP contribution is -2.31. The average Bonchev–Trinajstić information content (AvgIpc) is 2.43. The Morgan fingerprint density at radius 3 is 2.29 bits per heavy atom. The summed E-state index contributed by atoms with van der Waals surface area (Å²) in [5.74, 6) is 1.12. The summed E-state index contributed by atoms with van der Waals surface area (Å²) in [5, 5.41) is 9.96. The summed E-state index contributed by atoms with van der Waals surface area (Å²) in [6.45, 7) is 10.8. The molecule has 1 N–H and O–H groups in total. The maximum absolute atomic E-state index is 9.96. The highest BCUT2D eigenvalue weighted by atomic mass is 16.5. The molecule has 0 aromatic rings. The molecule has 0 aromatic heterocycles. The monoisotopic (exact) mass is 199 g/mol. The van der Waals surface area contributed by atoms with Gasteiger partial charge < -0.3 is 9.84 Å². The summed E-state index contributed by atoms with van der Waals surface area (Å²) in [4.78, 5) is 4.37. The zero-order valence-electron chi connectivity index (χ0n) is 9.74. The number of aliphatic imine (C=N–C) groups is 1. The molecule has 1 rings (SSSR count). The van der Waals surface area contributed by atoms with E-state index in [0.717, 1.165) is 0 Å². The molecular formula is C11H21NO2. The second-order valence-corrected chi connectivity index (χ2v) is 5.10. The maximum atomic E-state index is 9.96. The summed E-state index contributed by atoms with van der Waals surface area (Å²) in [6, 6.07) is 0. The Bertz CT molecular complexity index is 233. The molecule has 0 fully saturated rings. The normalized spacial score (nSPS) is 24.4. The number of aliphatic hydroxyl groups is 1. The van der Waals surface area contributed by atoms with Crippen molar-refractivity contribution >= 4 is 5.90 Å². The molecule has 2 atom stereocenters. The largest absolute Gasteiger partial charge is 0.477 e. The quantitative estimate of drug-likeness (QED) is 0.753. The van der Waals surface area contributed by atoms with Crippen LogP contribution in [-0.4, -0.2) is 29.3 Å². The highest BCUT2D eigenvalue weighted by Gasteiger charge is 2.33. The minimum atomic E-state index is -0.559. The van der Waals surface area contributed by atoms with E-state index < -0.39 is 6.10 Å². The van der Waals surface area contributed by atoms with Crippen LogP contribution in [0.3, 0.4) is 0 Å². The average molecular weight is 199 g/mol. The molecule has 0 aromatic carbocycles. The van der Waals surface area contributed by atoms with Crippen LogP contribution in [0.25, 0.3) is 0 Å². The fraction of sp³-hybridized carbons (Fsp3) is 0.909. The van der Waals surface area contributed by atoms with Crippen LogP contribution in [0.1, 0.15) is 34.6 Å². The zero-order valence-corrected chi connectivity index (χ0v) is 9.74. The standard InChI is InChI=1S/C11H21NO2/c1-7(2)8(3)9(13)10-12-11(4,5)6-14-10/h7-9,13H,6H2,1-5H3/t8-,9+/m1/s1. The number of ether oxygens (including phenoxy) is 1. The van der Waals surface area contributed by atoms with Crippen molar-refractivity contribution in [2.45, 2.75) is 46.3 Å². The topological polar surface area (TPSA) is 41.8 Å². The highest BCUT2D eigenvalue weighted by Crippen LogP contribution is 2.23. The summed E-state index contributed by atoms with van der Waals surface area (Å²) in [6.07, 6.45) is -0.559. The maximum Gasteiger partial charge on any atom is 0.214 e. The van der Waals surface area contributed by atoms with Crippen LogP contribution in [-0.2, 0) is 4.74 Å². The lowest BCUT2D eigenvalue weighted by Gasteiger charge is -2.21. The lowest BCUT2D eigenvalue weighted by atomic mass is 9.92. The van der Waals surface area contributed by atoms with Gasteiger partial charge in [0.2, 0.25) is 5.90 Å². The Labute approximate surface area is 86.2 Å². The minimum Gasteiger partial charge on any atom is -0.477 e. The molecule has 1 heterocycles. The van der Waals surface area contributed by atoms with E-state index in [1.165, 1.54) is 0 Å². The van der Waals surface area contributed by atoms with E-state index in [2.05, 4.69) is 18.8 Å². The van der Waals surface area contributed by atoms with Gasteiger partial charge in [-0.2, -0.15) is 0 Å². The number of nitrogens with zero attached hydrogens (tertiary/aromatic N) is 1. The van der Waals surface area contributed by atoms with Gasteiger partial charge in [-0.05, 0) is 25.7 Å². The van der Waals surface area contributed by atoms with E-state index in [4.69, 9.17) is 4.74 Å². The van der Waals surface area contributed by atoms with Crippen molar-refractivity contribution < 1.29 is 9.84 Å². The minimum absolute atomic E-state index is 0.174. The predicted molar refractivity (Wildman–Crippen MR) is 57.5 cm³/mol. The molecule has 0 aliphatic carbocycles. The summed E-state index contributed by atoms with van der Waals surface area (Å²) >= 11 is 0. The Morgan fingerprint density at radius 1 is 1.36 bits per heavy atom. The summed E-state index contributed by atoms with van der Waals surface area (Å²) < 4.78 is 5.40. The van der Waals surface area contributed by atoms with Gasteiger partial charge in [0.05, 0.1) is 5.54 Å². The molecule has 0 spiro atoms. The van der Waals surface area contributed by atoms with E-state index in [1.54, 1.807) is 0 Å². The molecule has 0 saturated carbocycles. The van der Waals surface area contributed by atoms with Crippen molar-refractivity contribution in [1.82, 2.24) is 0 Å². The number of hydrogen-bond acceptors (Lipinski definition) is 3. The fourth-order valence-electron chi connectivity index (χ4n) is 1.35. The van der Waals surface area contributed by atoms with Crippen molar-refractivity contribution in [3.8, 4) is 0 Å². The first kappa shape index (κ1) is 11.5. The lowest BCUT2D eigenvalue weighted by molar-refractivity contribution is 0.123. The van der Waals surface area contributed by atoms with Gasteiger partial charge in [-0.25, -0.2) is 4.99 Å². The first-order valence-corrected chi connectivity index (χ1v) is 5.24. The Morgan fingerprint density at radius 2 is 1.93 bits per heavy atom. The molecule has 3 heteroatoms. The smallest absolute Gasteiger partial charge is 0.214 e. The van der Waals surface area contributed by atoms with Gasteiger partial charge in [-0.15, -0.1) is 0 Å². The van der Waals surface area contributed by atoms with Crippen LogP contribution in [0.5, 0.6) is 0 Å². The van der Waals surface area contributed by atoms with Gasteiger partial charge in [0.25, 0.3) is 0 Å². The molecular weight excluding hydrogens is 178 g/mol. The molecule has 0 bridgehead atoms. The molecule has 82 valence electrons. The molecule has 0 unspecified atom stereocenters. The second-order valence-electron chi connectivity index (χ2n) is 5.10. The van der Waals surface area contributed by atoms with Crippen LogP contribution in [0, 0.1) is 11.8 Å². The van der Waals surface area contributed by atoms with Gasteiger partial charge >= 0.3 is 0 Å². The van der Waals surface area contributed by atoms with Crippen molar-refractivity contribution in [1.29, 1.82) is 0 Å². The van der Waals surface area contributed by atoms with Gasteiger partial charge in [-0.3, -0.25) is 0 Å². The third kappa shape index (κ3) is 2.47. The van der Waals surface area contributed by atoms with E-state index >= 15 is 0 Å². The van der Waals surface area contributed by atoms with Crippen LogP contribution in [0.15, 0.2) is 4.99 Å². The van der Waals surface area contributed by atoms with Gasteiger partial charge in [0, 0.05) is 0 Å².